The van der Waals surface area contributed by atoms with E-state index in [1.807, 2.05) is 0 Å². The van der Waals surface area contributed by atoms with Gasteiger partial charge in [0.05, 0.1) is 11.1 Å². The molecule has 26 heavy (non-hydrogen) atoms. The van der Waals surface area contributed by atoms with E-state index in [1.54, 1.807) is 18.2 Å². The minimum atomic E-state index is -4.42. The molecule has 1 aliphatic rings. The Labute approximate surface area is 148 Å². The van der Waals surface area contributed by atoms with Crippen LogP contribution in [-0.2, 0) is 18.3 Å². The second-order valence-corrected chi connectivity index (χ2v) is 6.45. The molecule has 0 aliphatic heterocycles. The number of rotatable bonds is 4. The third-order valence-corrected chi connectivity index (χ3v) is 4.67. The summed E-state index contributed by atoms with van der Waals surface area (Å²) in [5.74, 6) is -0.365. The van der Waals surface area contributed by atoms with E-state index in [-0.39, 0.29) is 12.4 Å². The highest BCUT2D eigenvalue weighted by atomic mass is 19.4. The quantitative estimate of drug-likeness (QED) is 0.755. The van der Waals surface area contributed by atoms with Gasteiger partial charge in [-0.25, -0.2) is 9.18 Å². The zero-order valence-corrected chi connectivity index (χ0v) is 13.9. The average Bonchev–Trinajstić information content (AvgIpc) is 2.57. The van der Waals surface area contributed by atoms with E-state index in [0.29, 0.717) is 18.4 Å². The molecular weight excluding hydrogens is 348 g/mol. The number of alkyl halides is 3. The normalized spacial score (nSPS) is 15.8. The highest BCUT2D eigenvalue weighted by Gasteiger charge is 2.41. The zero-order valence-electron chi connectivity index (χ0n) is 13.9. The van der Waals surface area contributed by atoms with Crippen LogP contribution in [0, 0.1) is 5.82 Å². The Morgan fingerprint density at radius 3 is 2.35 bits per heavy atom. The predicted molar refractivity (Wildman–Crippen MR) is 88.7 cm³/mol. The third-order valence-electron chi connectivity index (χ3n) is 4.67. The molecule has 2 amide bonds. The number of hydrogen-bond donors (Lipinski definition) is 2. The van der Waals surface area contributed by atoms with Gasteiger partial charge in [0.15, 0.2) is 0 Å². The van der Waals surface area contributed by atoms with Gasteiger partial charge in [0.25, 0.3) is 0 Å². The molecule has 0 atom stereocenters. The standard InChI is InChI=1S/C19H18F4N2O/c20-16-7-5-13(6-8-16)12-24-17(26)25-18(9-2-10-18)14-3-1-4-15(11-14)19(21,22)23/h1,3-8,11H,2,9-10,12H2,(H2,24,25,26). The lowest BCUT2D eigenvalue weighted by molar-refractivity contribution is -0.137. The van der Waals surface area contributed by atoms with E-state index in [4.69, 9.17) is 0 Å². The fraction of sp³-hybridized carbons (Fsp3) is 0.316. The molecule has 0 spiro atoms. The van der Waals surface area contributed by atoms with E-state index in [0.717, 1.165) is 24.1 Å². The third kappa shape index (κ3) is 3.98. The first-order chi connectivity index (χ1) is 12.3. The first-order valence-corrected chi connectivity index (χ1v) is 8.27. The molecule has 0 heterocycles. The van der Waals surface area contributed by atoms with E-state index in [1.165, 1.54) is 18.2 Å². The van der Waals surface area contributed by atoms with Crippen molar-refractivity contribution in [2.75, 3.05) is 0 Å². The van der Waals surface area contributed by atoms with Crippen LogP contribution in [0.15, 0.2) is 48.5 Å². The van der Waals surface area contributed by atoms with Gasteiger partial charge < -0.3 is 10.6 Å². The second-order valence-electron chi connectivity index (χ2n) is 6.45. The van der Waals surface area contributed by atoms with E-state index < -0.39 is 23.3 Å². The van der Waals surface area contributed by atoms with Crippen molar-refractivity contribution in [2.45, 2.75) is 37.5 Å². The molecule has 2 N–H and O–H groups in total. The number of hydrogen-bond acceptors (Lipinski definition) is 1. The van der Waals surface area contributed by atoms with Gasteiger partial charge >= 0.3 is 12.2 Å². The Morgan fingerprint density at radius 1 is 1.08 bits per heavy atom. The Morgan fingerprint density at radius 2 is 1.77 bits per heavy atom. The molecular formula is C19H18F4N2O. The van der Waals surface area contributed by atoms with Crippen LogP contribution in [0.3, 0.4) is 0 Å². The maximum atomic E-state index is 13.0. The van der Waals surface area contributed by atoms with Crippen molar-refractivity contribution >= 4 is 6.03 Å². The molecule has 3 rings (SSSR count). The lowest BCUT2D eigenvalue weighted by Crippen LogP contribution is -2.53. The van der Waals surface area contributed by atoms with Gasteiger partial charge in [0, 0.05) is 6.54 Å². The molecule has 138 valence electrons. The predicted octanol–water partition coefficient (Wildman–Crippen LogP) is 4.72. The number of carbonyl (C=O) groups excluding carboxylic acids is 1. The van der Waals surface area contributed by atoms with E-state index >= 15 is 0 Å². The molecule has 1 saturated carbocycles. The van der Waals surface area contributed by atoms with Crippen LogP contribution < -0.4 is 10.6 Å². The fourth-order valence-corrected chi connectivity index (χ4v) is 3.06. The molecule has 2 aromatic rings. The molecule has 0 radical (unpaired) electrons. The largest absolute Gasteiger partial charge is 0.416 e. The van der Waals surface area contributed by atoms with Gasteiger partial charge in [-0.15, -0.1) is 0 Å². The average molecular weight is 366 g/mol. The summed E-state index contributed by atoms with van der Waals surface area (Å²) in [7, 11) is 0. The SMILES string of the molecule is O=C(NCc1ccc(F)cc1)NC1(c2cccc(C(F)(F)F)c2)CCC1. The van der Waals surface area contributed by atoms with Crippen molar-refractivity contribution in [2.24, 2.45) is 0 Å². The van der Waals surface area contributed by atoms with Crippen LogP contribution in [0.2, 0.25) is 0 Å². The Hall–Kier alpha value is -2.57. The smallest absolute Gasteiger partial charge is 0.334 e. The van der Waals surface area contributed by atoms with E-state index in [9.17, 15) is 22.4 Å². The molecule has 0 aromatic heterocycles. The van der Waals surface area contributed by atoms with Crippen LogP contribution in [0.5, 0.6) is 0 Å². The molecule has 0 saturated heterocycles. The van der Waals surface area contributed by atoms with Crippen molar-refractivity contribution in [3.05, 3.63) is 71.0 Å². The van der Waals surface area contributed by atoms with Crippen molar-refractivity contribution in [3.8, 4) is 0 Å². The van der Waals surface area contributed by atoms with Gasteiger partial charge in [-0.3, -0.25) is 0 Å². The Balaban J connectivity index is 1.68. The Kier molecular flexibility index (Phi) is 4.89. The molecule has 7 heteroatoms. The van der Waals surface area contributed by atoms with Crippen molar-refractivity contribution in [3.63, 3.8) is 0 Å². The maximum Gasteiger partial charge on any atom is 0.416 e. The number of urea groups is 1. The van der Waals surface area contributed by atoms with Crippen molar-refractivity contribution in [1.82, 2.24) is 10.6 Å². The summed E-state index contributed by atoms with van der Waals surface area (Å²) < 4.78 is 51.7. The number of carbonyl (C=O) groups is 1. The van der Waals surface area contributed by atoms with Crippen LogP contribution in [0.1, 0.15) is 36.0 Å². The van der Waals surface area contributed by atoms with Crippen LogP contribution in [0.25, 0.3) is 0 Å². The van der Waals surface area contributed by atoms with Crippen molar-refractivity contribution < 1.29 is 22.4 Å². The molecule has 1 fully saturated rings. The first kappa shape index (κ1) is 18.2. The fourth-order valence-electron chi connectivity index (χ4n) is 3.06. The summed E-state index contributed by atoms with van der Waals surface area (Å²) in [5.41, 5.74) is -0.331. The van der Waals surface area contributed by atoms with Crippen LogP contribution in [0.4, 0.5) is 22.4 Å². The number of nitrogens with one attached hydrogen (secondary N) is 2. The zero-order chi connectivity index (χ0) is 18.8. The van der Waals surface area contributed by atoms with Gasteiger partial charge in [-0.05, 0) is 54.7 Å². The molecule has 0 bridgehead atoms. The molecule has 1 aliphatic carbocycles. The van der Waals surface area contributed by atoms with Gasteiger partial charge in [-0.1, -0.05) is 24.3 Å². The Bertz CT molecular complexity index is 783. The van der Waals surface area contributed by atoms with E-state index in [2.05, 4.69) is 10.6 Å². The van der Waals surface area contributed by atoms with Crippen molar-refractivity contribution in [1.29, 1.82) is 0 Å². The van der Waals surface area contributed by atoms with Crippen LogP contribution >= 0.6 is 0 Å². The summed E-state index contributed by atoms with van der Waals surface area (Å²) in [4.78, 5) is 12.2. The lowest BCUT2D eigenvalue weighted by Gasteiger charge is -2.43. The number of halogens is 4. The maximum absolute atomic E-state index is 13.0. The first-order valence-electron chi connectivity index (χ1n) is 8.27. The minimum Gasteiger partial charge on any atom is -0.334 e. The monoisotopic (exact) mass is 366 g/mol. The topological polar surface area (TPSA) is 41.1 Å². The number of amides is 2. The van der Waals surface area contributed by atoms with Gasteiger partial charge in [0.1, 0.15) is 5.82 Å². The summed E-state index contributed by atoms with van der Waals surface area (Å²) in [5, 5.41) is 5.48. The summed E-state index contributed by atoms with van der Waals surface area (Å²) >= 11 is 0. The summed E-state index contributed by atoms with van der Waals surface area (Å²) in [6.45, 7) is 0.199. The van der Waals surface area contributed by atoms with Gasteiger partial charge in [0.2, 0.25) is 0 Å². The lowest BCUT2D eigenvalue weighted by atomic mass is 9.71. The number of benzene rings is 2. The molecule has 2 aromatic carbocycles. The summed E-state index contributed by atoms with van der Waals surface area (Å²) in [6, 6.07) is 10.3. The summed E-state index contributed by atoms with van der Waals surface area (Å²) in [6.07, 6.45) is -2.43. The van der Waals surface area contributed by atoms with Gasteiger partial charge in [-0.2, -0.15) is 13.2 Å². The minimum absolute atomic E-state index is 0.199. The van der Waals surface area contributed by atoms with Crippen LogP contribution in [-0.4, -0.2) is 6.03 Å². The molecule has 3 nitrogen and oxygen atoms in total. The second kappa shape index (κ2) is 6.97. The highest BCUT2D eigenvalue weighted by molar-refractivity contribution is 5.75. The highest BCUT2D eigenvalue weighted by Crippen LogP contribution is 2.42. The molecule has 0 unspecified atom stereocenters.